The van der Waals surface area contributed by atoms with Crippen molar-refractivity contribution in [2.45, 2.75) is 19.8 Å². The molecule has 0 heterocycles. The number of rotatable bonds is 9. The number of phenols is 2. The Bertz CT molecular complexity index is 679. The van der Waals surface area contributed by atoms with Crippen molar-refractivity contribution in [3.63, 3.8) is 0 Å². The summed E-state index contributed by atoms with van der Waals surface area (Å²) in [7, 11) is 0. The number of hydrogen-bond acceptors (Lipinski definition) is 6. The highest BCUT2D eigenvalue weighted by atomic mass is 35.5. The summed E-state index contributed by atoms with van der Waals surface area (Å²) in [6.45, 7) is 2.83. The molecule has 1 rings (SSSR count). The van der Waals surface area contributed by atoms with Crippen LogP contribution in [0.4, 0.5) is 4.79 Å². The van der Waals surface area contributed by atoms with Crippen LogP contribution >= 0.6 is 11.6 Å². The van der Waals surface area contributed by atoms with E-state index in [0.717, 1.165) is 6.07 Å². The van der Waals surface area contributed by atoms with Gasteiger partial charge in [0.15, 0.2) is 23.9 Å². The average molecular weight is 390 g/mol. The predicted octanol–water partition coefficient (Wildman–Crippen LogP) is 0.915. The highest BCUT2D eigenvalue weighted by Crippen LogP contribution is 2.37. The molecule has 0 saturated heterocycles. The molecule has 0 fully saturated rings. The number of ketones is 1. The molecule has 0 bridgehead atoms. The molecule has 0 atom stereocenters. The lowest BCUT2D eigenvalue weighted by Gasteiger charge is -2.13. The predicted molar refractivity (Wildman–Crippen MR) is 94.2 cm³/mol. The summed E-state index contributed by atoms with van der Waals surface area (Å²) in [5, 5.41) is 30.8. The van der Waals surface area contributed by atoms with E-state index in [1.165, 1.54) is 0 Å². The number of hydrogen-bond donors (Lipinski definition) is 4. The Morgan fingerprint density at radius 3 is 2.58 bits per heavy atom. The summed E-state index contributed by atoms with van der Waals surface area (Å²) in [4.78, 5) is 36.2. The van der Waals surface area contributed by atoms with Gasteiger partial charge in [0, 0.05) is 25.8 Å². The van der Waals surface area contributed by atoms with Crippen LogP contribution in [-0.4, -0.2) is 59.4 Å². The summed E-state index contributed by atoms with van der Waals surface area (Å²) < 4.78 is 5.11. The first kappa shape index (κ1) is 21.7. The fraction of sp³-hybridized carbons (Fsp3) is 0.438. The van der Waals surface area contributed by atoms with Gasteiger partial charge in [-0.2, -0.15) is 0 Å². The van der Waals surface area contributed by atoms with Gasteiger partial charge in [0.05, 0.1) is 22.6 Å². The number of benzene rings is 1. The molecule has 0 unspecified atom stereocenters. The van der Waals surface area contributed by atoms with Crippen LogP contribution in [0.2, 0.25) is 5.02 Å². The third-order valence-electron chi connectivity index (χ3n) is 3.27. The number of halogens is 1. The highest BCUT2D eigenvalue weighted by Gasteiger charge is 2.27. The van der Waals surface area contributed by atoms with Gasteiger partial charge < -0.3 is 25.4 Å². The Labute approximate surface area is 154 Å². The Balaban J connectivity index is 2.92. The van der Waals surface area contributed by atoms with E-state index in [1.54, 1.807) is 0 Å². The van der Waals surface area contributed by atoms with E-state index in [9.17, 15) is 24.6 Å². The van der Waals surface area contributed by atoms with Crippen molar-refractivity contribution >= 4 is 29.3 Å². The van der Waals surface area contributed by atoms with Crippen LogP contribution in [0.25, 0.3) is 0 Å². The molecule has 144 valence electrons. The summed E-state index contributed by atoms with van der Waals surface area (Å²) in [6, 6.07) is 0.0810. The van der Waals surface area contributed by atoms with Gasteiger partial charge in [-0.3, -0.25) is 14.9 Å². The van der Waals surface area contributed by atoms with Gasteiger partial charge in [0.2, 0.25) is 0 Å². The topological polar surface area (TPSA) is 148 Å². The number of ether oxygens (including phenoxy) is 1. The van der Waals surface area contributed by atoms with E-state index in [-0.39, 0.29) is 24.6 Å². The lowest BCUT2D eigenvalue weighted by molar-refractivity contribution is 0.0921. The van der Waals surface area contributed by atoms with Crippen LogP contribution in [0.15, 0.2) is 6.07 Å². The molecular formula is C16H22ClN2O7+. The van der Waals surface area contributed by atoms with Crippen molar-refractivity contribution < 1.29 is 34.4 Å². The normalized spacial score (nSPS) is 10.4. The monoisotopic (exact) mass is 389 g/mol. The third-order valence-corrected chi connectivity index (χ3v) is 3.57. The smallest absolute Gasteiger partial charge is 0.321 e. The molecular weight excluding hydrogens is 368 g/mol. The van der Waals surface area contributed by atoms with Crippen LogP contribution in [-0.2, 0) is 4.74 Å². The maximum Gasteiger partial charge on any atom is 0.321 e. The number of carbonyl (C=O) groups is 3. The molecule has 0 aromatic heterocycles. The molecule has 0 spiro atoms. The van der Waals surface area contributed by atoms with Crippen LogP contribution in [0, 0.1) is 0 Å². The largest absolute Gasteiger partial charge is 0.504 e. The van der Waals surface area contributed by atoms with E-state index < -0.39 is 40.3 Å². The third kappa shape index (κ3) is 5.87. The van der Waals surface area contributed by atoms with Crippen LogP contribution in [0.1, 0.15) is 40.5 Å². The minimum atomic E-state index is -1.01. The number of Topliss-reactive ketones (excluding diaryl/α,β-unsaturated/α-hetero) is 1. The first-order valence-electron chi connectivity index (χ1n) is 7.92. The van der Waals surface area contributed by atoms with Crippen molar-refractivity contribution in [1.82, 2.24) is 10.6 Å². The van der Waals surface area contributed by atoms with Gasteiger partial charge in [0.25, 0.3) is 5.91 Å². The molecule has 0 aliphatic carbocycles. The summed E-state index contributed by atoms with van der Waals surface area (Å²) in [6.07, 6.45) is 0.251. The molecule has 0 radical (unpaired) electrons. The number of imide groups is 1. The Morgan fingerprint density at radius 2 is 1.96 bits per heavy atom. The van der Waals surface area contributed by atoms with E-state index >= 15 is 0 Å². The van der Waals surface area contributed by atoms with Gasteiger partial charge in [-0.05, 0) is 13.3 Å². The Morgan fingerprint density at radius 1 is 1.27 bits per heavy atom. The first-order valence-corrected chi connectivity index (χ1v) is 8.30. The van der Waals surface area contributed by atoms with Crippen molar-refractivity contribution in [2.24, 2.45) is 0 Å². The van der Waals surface area contributed by atoms with Gasteiger partial charge in [-0.15, -0.1) is 0 Å². The molecule has 6 N–H and O–H groups in total. The fourth-order valence-electron chi connectivity index (χ4n) is 2.09. The number of phenolic OH excluding ortho intramolecular Hbond substituents is 2. The Hall–Kier alpha value is -2.36. The van der Waals surface area contributed by atoms with Crippen molar-refractivity contribution in [1.29, 1.82) is 0 Å². The first-order chi connectivity index (χ1) is 12.3. The number of carbonyl (C=O) groups excluding carboxylic acids is 3. The second-order valence-electron chi connectivity index (χ2n) is 5.16. The lowest BCUT2D eigenvalue weighted by Crippen LogP contribution is -2.40. The van der Waals surface area contributed by atoms with E-state index in [2.05, 4.69) is 5.32 Å². The maximum atomic E-state index is 12.3. The summed E-state index contributed by atoms with van der Waals surface area (Å²) in [5.74, 6) is -3.27. The fourth-order valence-corrected chi connectivity index (χ4v) is 2.37. The Kier molecular flexibility index (Phi) is 8.83. The van der Waals surface area contributed by atoms with E-state index in [0.29, 0.717) is 19.6 Å². The number of urea groups is 1. The molecule has 9 nitrogen and oxygen atoms in total. The minimum Gasteiger partial charge on any atom is -0.504 e. The molecule has 0 aliphatic rings. The molecule has 1 aromatic carbocycles. The van der Waals surface area contributed by atoms with Gasteiger partial charge in [-0.25, -0.2) is 4.79 Å². The van der Waals surface area contributed by atoms with Crippen LogP contribution in [0.5, 0.6) is 11.5 Å². The number of aromatic hydroxyl groups is 2. The molecule has 10 heteroatoms. The van der Waals surface area contributed by atoms with Crippen LogP contribution in [0.3, 0.4) is 0 Å². The standard InChI is InChI=1S/C16H21ClN2O7/c1-2-26-7-3-5-18-16(25)19-15(24)12-9(17)8-11(22)14(23)13(12)10(21)4-6-20/h8,20,22-23H,2-7H2,1H3,(H2,18,19,24,25)/p+1. The zero-order valence-electron chi connectivity index (χ0n) is 14.2. The van der Waals surface area contributed by atoms with Gasteiger partial charge in [0.1, 0.15) is 0 Å². The van der Waals surface area contributed by atoms with E-state index in [4.69, 9.17) is 21.4 Å². The quantitative estimate of drug-likeness (QED) is 0.213. The maximum absolute atomic E-state index is 12.3. The summed E-state index contributed by atoms with van der Waals surface area (Å²) in [5.41, 5.74) is -0.964. The zero-order valence-corrected chi connectivity index (χ0v) is 15.0. The second kappa shape index (κ2) is 10.6. The van der Waals surface area contributed by atoms with Gasteiger partial charge in [-0.1, -0.05) is 11.6 Å². The van der Waals surface area contributed by atoms with Crippen LogP contribution < -0.4 is 10.6 Å². The molecule has 26 heavy (non-hydrogen) atoms. The van der Waals surface area contributed by atoms with Gasteiger partial charge >= 0.3 is 6.03 Å². The zero-order chi connectivity index (χ0) is 19.7. The number of amides is 3. The van der Waals surface area contributed by atoms with Crippen molar-refractivity contribution in [2.75, 3.05) is 26.4 Å². The molecule has 0 saturated carbocycles. The second-order valence-corrected chi connectivity index (χ2v) is 5.57. The highest BCUT2D eigenvalue weighted by molar-refractivity contribution is 6.35. The molecule has 3 amide bonds. The van der Waals surface area contributed by atoms with Crippen molar-refractivity contribution in [3.05, 3.63) is 22.2 Å². The lowest BCUT2D eigenvalue weighted by atomic mass is 9.99. The van der Waals surface area contributed by atoms with Crippen molar-refractivity contribution in [3.8, 4) is 11.5 Å². The van der Waals surface area contributed by atoms with E-state index in [1.807, 2.05) is 12.2 Å². The minimum absolute atomic E-state index is 0.262. The number of nitrogens with one attached hydrogen (secondary N) is 2. The average Bonchev–Trinajstić information content (AvgIpc) is 2.57. The SMILES string of the molecule is CCOCCCNC(=O)NC(=O)c1c(Cl)cc(O)c(O)c1C(=O)CC[OH2+]. The molecule has 1 aromatic rings. The molecule has 0 aliphatic heterocycles. The summed E-state index contributed by atoms with van der Waals surface area (Å²) >= 11 is 5.91.